The van der Waals surface area contributed by atoms with E-state index in [9.17, 15) is 22.8 Å². The number of para-hydroxylation sites is 2. The average molecular weight is 484 g/mol. The molecule has 2 amide bonds. The van der Waals surface area contributed by atoms with Crippen molar-refractivity contribution in [3.05, 3.63) is 53.1 Å². The SMILES string of the molecule is O=C(CN1C[C@@H](C(=O)N2CCOCC2)Oc2ccccc21)Nc1ccc(Cl)c(C(F)(F)F)c1. The molecular weight excluding hydrogens is 463 g/mol. The molecule has 7 nitrogen and oxygen atoms in total. The summed E-state index contributed by atoms with van der Waals surface area (Å²) in [6.07, 6.45) is -5.47. The fraction of sp³-hybridized carbons (Fsp3) is 0.364. The van der Waals surface area contributed by atoms with E-state index in [2.05, 4.69) is 5.32 Å². The number of hydrogen-bond donors (Lipinski definition) is 1. The third-order valence-electron chi connectivity index (χ3n) is 5.35. The second kappa shape index (κ2) is 9.48. The van der Waals surface area contributed by atoms with Crippen molar-refractivity contribution in [2.75, 3.05) is 49.6 Å². The van der Waals surface area contributed by atoms with Crippen LogP contribution in [-0.4, -0.2) is 62.2 Å². The van der Waals surface area contributed by atoms with Gasteiger partial charge in [-0.2, -0.15) is 13.2 Å². The minimum absolute atomic E-state index is 0.0285. The van der Waals surface area contributed by atoms with E-state index in [4.69, 9.17) is 21.1 Å². The van der Waals surface area contributed by atoms with Crippen molar-refractivity contribution in [2.45, 2.75) is 12.3 Å². The number of amides is 2. The van der Waals surface area contributed by atoms with Crippen molar-refractivity contribution < 1.29 is 32.2 Å². The summed E-state index contributed by atoms with van der Waals surface area (Å²) in [4.78, 5) is 29.0. The van der Waals surface area contributed by atoms with Crippen LogP contribution in [-0.2, 0) is 20.5 Å². The number of nitrogens with zero attached hydrogens (tertiary/aromatic N) is 2. The summed E-state index contributed by atoms with van der Waals surface area (Å²) in [6.45, 7) is 1.74. The lowest BCUT2D eigenvalue weighted by molar-refractivity contribution is -0.142. The first-order chi connectivity index (χ1) is 15.7. The first kappa shape index (κ1) is 23.2. The van der Waals surface area contributed by atoms with Gasteiger partial charge in [0.25, 0.3) is 5.91 Å². The lowest BCUT2D eigenvalue weighted by Gasteiger charge is -2.38. The molecule has 2 aromatic rings. The highest BCUT2D eigenvalue weighted by Crippen LogP contribution is 2.36. The molecule has 1 saturated heterocycles. The number of anilines is 2. The van der Waals surface area contributed by atoms with Crippen molar-refractivity contribution >= 4 is 34.8 Å². The van der Waals surface area contributed by atoms with Gasteiger partial charge >= 0.3 is 6.18 Å². The number of ether oxygens (including phenoxy) is 2. The molecule has 1 fully saturated rings. The second-order valence-electron chi connectivity index (χ2n) is 7.63. The van der Waals surface area contributed by atoms with E-state index in [-0.39, 0.29) is 24.7 Å². The number of rotatable bonds is 4. The molecule has 33 heavy (non-hydrogen) atoms. The molecule has 1 atom stereocenters. The summed E-state index contributed by atoms with van der Waals surface area (Å²) in [5, 5.41) is 2.02. The van der Waals surface area contributed by atoms with Crippen molar-refractivity contribution in [3.8, 4) is 5.75 Å². The molecule has 2 aromatic carbocycles. The van der Waals surface area contributed by atoms with E-state index < -0.39 is 28.8 Å². The van der Waals surface area contributed by atoms with E-state index >= 15 is 0 Å². The highest BCUT2D eigenvalue weighted by atomic mass is 35.5. The summed E-state index contributed by atoms with van der Waals surface area (Å²) in [6, 6.07) is 10.2. The van der Waals surface area contributed by atoms with Gasteiger partial charge in [-0.15, -0.1) is 0 Å². The molecule has 2 aliphatic rings. The smallest absolute Gasteiger partial charge is 0.417 e. The Morgan fingerprint density at radius 1 is 1.12 bits per heavy atom. The normalized spacial score (nSPS) is 18.4. The molecule has 176 valence electrons. The zero-order valence-electron chi connectivity index (χ0n) is 17.4. The molecule has 0 spiro atoms. The van der Waals surface area contributed by atoms with Gasteiger partial charge in [-0.25, -0.2) is 0 Å². The quantitative estimate of drug-likeness (QED) is 0.721. The summed E-state index contributed by atoms with van der Waals surface area (Å²) in [5.74, 6) is -0.292. The van der Waals surface area contributed by atoms with Crippen molar-refractivity contribution in [3.63, 3.8) is 0 Å². The molecule has 0 bridgehead atoms. The van der Waals surface area contributed by atoms with Crippen LogP contribution in [0, 0.1) is 0 Å². The van der Waals surface area contributed by atoms with E-state index in [0.717, 1.165) is 12.1 Å². The monoisotopic (exact) mass is 483 g/mol. The standard InChI is InChI=1S/C22H21ClF3N3O4/c23-16-6-5-14(11-15(16)22(24,25)26)27-20(30)13-29-12-19(21(31)28-7-9-32-10-8-28)33-18-4-2-1-3-17(18)29/h1-6,11,19H,7-10,12-13H2,(H,27,30)/t19-/m0/s1. The zero-order valence-corrected chi connectivity index (χ0v) is 18.2. The van der Waals surface area contributed by atoms with Crippen LogP contribution in [0.1, 0.15) is 5.56 Å². The predicted octanol–water partition coefficient (Wildman–Crippen LogP) is 3.42. The van der Waals surface area contributed by atoms with Crippen LogP contribution in [0.15, 0.2) is 42.5 Å². The van der Waals surface area contributed by atoms with Gasteiger partial charge in [-0.05, 0) is 30.3 Å². The Bertz CT molecular complexity index is 1040. The number of fused-ring (bicyclic) bond motifs is 1. The summed E-state index contributed by atoms with van der Waals surface area (Å²) >= 11 is 5.64. The number of morpholine rings is 1. The Balaban J connectivity index is 1.49. The molecule has 2 aliphatic heterocycles. The number of hydrogen-bond acceptors (Lipinski definition) is 5. The summed E-state index contributed by atoms with van der Waals surface area (Å²) < 4.78 is 50.5. The van der Waals surface area contributed by atoms with Crippen molar-refractivity contribution in [2.24, 2.45) is 0 Å². The Hall–Kier alpha value is -2.98. The Morgan fingerprint density at radius 2 is 1.85 bits per heavy atom. The van der Waals surface area contributed by atoms with Crippen molar-refractivity contribution in [1.82, 2.24) is 4.90 Å². The predicted molar refractivity (Wildman–Crippen MR) is 116 cm³/mol. The topological polar surface area (TPSA) is 71.1 Å². The third-order valence-corrected chi connectivity index (χ3v) is 5.68. The number of carbonyl (C=O) groups is 2. The lowest BCUT2D eigenvalue weighted by atomic mass is 10.1. The maximum absolute atomic E-state index is 13.1. The fourth-order valence-electron chi connectivity index (χ4n) is 3.77. The minimum atomic E-state index is -4.64. The van der Waals surface area contributed by atoms with Crippen LogP contribution >= 0.6 is 11.6 Å². The summed E-state index contributed by atoms with van der Waals surface area (Å²) in [5.41, 5.74) is -0.445. The molecule has 0 aromatic heterocycles. The molecule has 0 aliphatic carbocycles. The zero-order chi connectivity index (χ0) is 23.6. The fourth-order valence-corrected chi connectivity index (χ4v) is 3.99. The molecule has 2 heterocycles. The van der Waals surface area contributed by atoms with E-state index in [0.29, 0.717) is 37.7 Å². The molecule has 4 rings (SSSR count). The second-order valence-corrected chi connectivity index (χ2v) is 8.04. The Kier molecular flexibility index (Phi) is 6.66. The van der Waals surface area contributed by atoms with Crippen LogP contribution < -0.4 is 15.0 Å². The van der Waals surface area contributed by atoms with Gasteiger partial charge in [0.2, 0.25) is 5.91 Å². The van der Waals surface area contributed by atoms with Crippen LogP contribution in [0.2, 0.25) is 5.02 Å². The maximum Gasteiger partial charge on any atom is 0.417 e. The lowest BCUT2D eigenvalue weighted by Crippen LogP contribution is -2.53. The van der Waals surface area contributed by atoms with Crippen molar-refractivity contribution in [1.29, 1.82) is 0 Å². The molecular formula is C22H21ClF3N3O4. The summed E-state index contributed by atoms with van der Waals surface area (Å²) in [7, 11) is 0. The van der Waals surface area contributed by atoms with Crippen LogP contribution in [0.25, 0.3) is 0 Å². The first-order valence-corrected chi connectivity index (χ1v) is 10.6. The van der Waals surface area contributed by atoms with Gasteiger partial charge < -0.3 is 24.6 Å². The molecule has 0 radical (unpaired) electrons. The number of alkyl halides is 3. The van der Waals surface area contributed by atoms with Gasteiger partial charge in [0, 0.05) is 18.8 Å². The number of benzene rings is 2. The number of nitrogens with one attached hydrogen (secondary N) is 1. The highest BCUT2D eigenvalue weighted by Gasteiger charge is 2.35. The van der Waals surface area contributed by atoms with Gasteiger partial charge in [0.05, 0.1) is 42.6 Å². The van der Waals surface area contributed by atoms with Crippen LogP contribution in [0.5, 0.6) is 5.75 Å². The molecule has 1 N–H and O–H groups in total. The molecule has 11 heteroatoms. The minimum Gasteiger partial charge on any atom is -0.477 e. The molecule has 0 saturated carbocycles. The van der Waals surface area contributed by atoms with Gasteiger partial charge in [0.1, 0.15) is 5.75 Å². The van der Waals surface area contributed by atoms with E-state index in [1.807, 2.05) is 0 Å². The average Bonchev–Trinajstić information content (AvgIpc) is 2.79. The van der Waals surface area contributed by atoms with Gasteiger partial charge in [0.15, 0.2) is 6.10 Å². The van der Waals surface area contributed by atoms with E-state index in [1.54, 1.807) is 34.1 Å². The number of halogens is 4. The van der Waals surface area contributed by atoms with Gasteiger partial charge in [-0.3, -0.25) is 9.59 Å². The largest absolute Gasteiger partial charge is 0.477 e. The molecule has 0 unspecified atom stereocenters. The number of carbonyl (C=O) groups excluding carboxylic acids is 2. The van der Waals surface area contributed by atoms with E-state index in [1.165, 1.54) is 6.07 Å². The highest BCUT2D eigenvalue weighted by molar-refractivity contribution is 6.31. The van der Waals surface area contributed by atoms with Crippen LogP contribution in [0.3, 0.4) is 0 Å². The maximum atomic E-state index is 13.1. The first-order valence-electron chi connectivity index (χ1n) is 10.3. The Labute approximate surface area is 193 Å². The van der Waals surface area contributed by atoms with Crippen LogP contribution in [0.4, 0.5) is 24.5 Å². The Morgan fingerprint density at radius 3 is 2.58 bits per heavy atom. The third kappa shape index (κ3) is 5.33. The van der Waals surface area contributed by atoms with Gasteiger partial charge in [-0.1, -0.05) is 23.7 Å².